The molecule has 0 atom stereocenters. The molecule has 0 radical (unpaired) electrons. The molecule has 0 unspecified atom stereocenters. The minimum absolute atomic E-state index is 0.253. The first-order valence-electron chi connectivity index (χ1n) is 6.67. The molecule has 4 heteroatoms. The molecule has 0 aromatic heterocycles. The fraction of sp³-hybridized carbons (Fsp3) is 0.923. The van der Waals surface area contributed by atoms with Crippen molar-refractivity contribution in [2.45, 2.75) is 33.7 Å². The second kappa shape index (κ2) is 8.48. The quantitative estimate of drug-likeness (QED) is 0.743. The molecular formula is C13H29N3O. The number of carbonyl (C=O) groups is 1. The second-order valence-electron chi connectivity index (χ2n) is 4.75. The molecule has 4 nitrogen and oxygen atoms in total. The lowest BCUT2D eigenvalue weighted by atomic mass is 10.2. The van der Waals surface area contributed by atoms with E-state index < -0.39 is 0 Å². The highest BCUT2D eigenvalue weighted by molar-refractivity contribution is 5.78. The third-order valence-electron chi connectivity index (χ3n) is 2.85. The predicted molar refractivity (Wildman–Crippen MR) is 73.2 cm³/mol. The highest BCUT2D eigenvalue weighted by atomic mass is 16.2. The lowest BCUT2D eigenvalue weighted by Gasteiger charge is -2.37. The van der Waals surface area contributed by atoms with Crippen molar-refractivity contribution in [3.63, 3.8) is 0 Å². The largest absolute Gasteiger partial charge is 0.339 e. The van der Waals surface area contributed by atoms with Crippen LogP contribution in [0.15, 0.2) is 0 Å². The van der Waals surface area contributed by atoms with Gasteiger partial charge in [0.05, 0.1) is 6.54 Å². The van der Waals surface area contributed by atoms with E-state index in [-0.39, 0.29) is 5.91 Å². The van der Waals surface area contributed by atoms with Gasteiger partial charge in [0.2, 0.25) is 5.91 Å². The highest BCUT2D eigenvalue weighted by Gasteiger charge is 2.22. The van der Waals surface area contributed by atoms with Crippen LogP contribution in [0.1, 0.15) is 27.7 Å². The lowest BCUT2D eigenvalue weighted by molar-refractivity contribution is -0.133. The Morgan fingerprint density at radius 1 is 1.12 bits per heavy atom. The third-order valence-corrected chi connectivity index (χ3v) is 2.85. The highest BCUT2D eigenvalue weighted by Crippen LogP contribution is 2.05. The molecule has 0 aliphatic carbocycles. The molecule has 1 heterocycles. The number of nitrogens with zero attached hydrogens (tertiary/aromatic N) is 3. The zero-order valence-electron chi connectivity index (χ0n) is 12.4. The summed E-state index contributed by atoms with van der Waals surface area (Å²) in [6.45, 7) is 12.7. The van der Waals surface area contributed by atoms with E-state index in [2.05, 4.69) is 18.7 Å². The first-order chi connectivity index (χ1) is 8.00. The number of carbonyl (C=O) groups excluding carboxylic acids is 1. The molecule has 0 saturated carbocycles. The predicted octanol–water partition coefficient (Wildman–Crippen LogP) is 1.13. The first-order valence-corrected chi connectivity index (χ1v) is 6.67. The van der Waals surface area contributed by atoms with Crippen molar-refractivity contribution >= 4 is 5.91 Å². The van der Waals surface area contributed by atoms with Gasteiger partial charge in [-0.15, -0.1) is 0 Å². The number of amides is 1. The SMILES string of the molecule is CC.CC(C)N1CCN(C(=O)CN(C)C)CC1. The van der Waals surface area contributed by atoms with E-state index in [9.17, 15) is 4.79 Å². The van der Waals surface area contributed by atoms with Crippen molar-refractivity contribution < 1.29 is 4.79 Å². The molecule has 1 saturated heterocycles. The zero-order chi connectivity index (χ0) is 13.4. The van der Waals surface area contributed by atoms with Gasteiger partial charge in [0.1, 0.15) is 0 Å². The molecule has 0 spiro atoms. The van der Waals surface area contributed by atoms with Crippen molar-refractivity contribution in [3.05, 3.63) is 0 Å². The van der Waals surface area contributed by atoms with E-state index in [4.69, 9.17) is 0 Å². The van der Waals surface area contributed by atoms with E-state index in [1.807, 2.05) is 37.7 Å². The Bertz CT molecular complexity index is 209. The van der Waals surface area contributed by atoms with Gasteiger partial charge in [-0.1, -0.05) is 13.8 Å². The Balaban J connectivity index is 0.00000121. The van der Waals surface area contributed by atoms with Crippen LogP contribution < -0.4 is 0 Å². The summed E-state index contributed by atoms with van der Waals surface area (Å²) in [5.41, 5.74) is 0. The maximum Gasteiger partial charge on any atom is 0.236 e. The molecule has 1 rings (SSSR count). The second-order valence-corrected chi connectivity index (χ2v) is 4.75. The maximum atomic E-state index is 11.8. The van der Waals surface area contributed by atoms with Gasteiger partial charge in [-0.05, 0) is 27.9 Å². The minimum atomic E-state index is 0.253. The van der Waals surface area contributed by atoms with Crippen LogP contribution in [-0.4, -0.2) is 73.5 Å². The summed E-state index contributed by atoms with van der Waals surface area (Å²) in [5.74, 6) is 0.253. The van der Waals surface area contributed by atoms with Crippen LogP contribution in [0.2, 0.25) is 0 Å². The molecule has 1 amide bonds. The van der Waals surface area contributed by atoms with E-state index in [1.165, 1.54) is 0 Å². The summed E-state index contributed by atoms with van der Waals surface area (Å²) in [6, 6.07) is 0.594. The van der Waals surface area contributed by atoms with Gasteiger partial charge in [-0.2, -0.15) is 0 Å². The number of hydrogen-bond acceptors (Lipinski definition) is 3. The Morgan fingerprint density at radius 3 is 1.94 bits per heavy atom. The number of rotatable bonds is 3. The zero-order valence-corrected chi connectivity index (χ0v) is 12.4. The van der Waals surface area contributed by atoms with Gasteiger partial charge >= 0.3 is 0 Å². The van der Waals surface area contributed by atoms with Crippen LogP contribution in [0.25, 0.3) is 0 Å². The van der Waals surface area contributed by atoms with Gasteiger partial charge in [0, 0.05) is 32.2 Å². The molecule has 102 valence electrons. The number of likely N-dealkylation sites (N-methyl/N-ethyl adjacent to an activating group) is 1. The Hall–Kier alpha value is -0.610. The van der Waals surface area contributed by atoms with Gasteiger partial charge in [0.25, 0.3) is 0 Å². The van der Waals surface area contributed by atoms with Crippen molar-refractivity contribution in [1.82, 2.24) is 14.7 Å². The molecule has 1 fully saturated rings. The molecule has 0 aromatic carbocycles. The molecule has 0 bridgehead atoms. The van der Waals surface area contributed by atoms with Crippen LogP contribution in [0.3, 0.4) is 0 Å². The van der Waals surface area contributed by atoms with E-state index in [0.717, 1.165) is 26.2 Å². The van der Waals surface area contributed by atoms with Crippen molar-refractivity contribution in [2.75, 3.05) is 46.8 Å². The molecule has 1 aliphatic rings. The number of hydrogen-bond donors (Lipinski definition) is 0. The van der Waals surface area contributed by atoms with Crippen molar-refractivity contribution in [1.29, 1.82) is 0 Å². The standard InChI is InChI=1S/C11H23N3O.C2H6/c1-10(2)13-5-7-14(8-6-13)11(15)9-12(3)4;1-2/h10H,5-9H2,1-4H3;1-2H3. The van der Waals surface area contributed by atoms with Crippen LogP contribution in [0.4, 0.5) is 0 Å². The summed E-state index contributed by atoms with van der Waals surface area (Å²) >= 11 is 0. The molecule has 0 N–H and O–H groups in total. The number of piperazine rings is 1. The van der Waals surface area contributed by atoms with Crippen LogP contribution in [0.5, 0.6) is 0 Å². The summed E-state index contributed by atoms with van der Waals surface area (Å²) in [5, 5.41) is 0. The van der Waals surface area contributed by atoms with E-state index in [1.54, 1.807) is 0 Å². The summed E-state index contributed by atoms with van der Waals surface area (Å²) < 4.78 is 0. The topological polar surface area (TPSA) is 26.8 Å². The molecular weight excluding hydrogens is 214 g/mol. The first kappa shape index (κ1) is 16.4. The fourth-order valence-corrected chi connectivity index (χ4v) is 1.86. The van der Waals surface area contributed by atoms with Crippen molar-refractivity contribution in [2.24, 2.45) is 0 Å². The Morgan fingerprint density at radius 2 is 1.59 bits per heavy atom. The van der Waals surface area contributed by atoms with Crippen molar-refractivity contribution in [3.8, 4) is 0 Å². The smallest absolute Gasteiger partial charge is 0.236 e. The van der Waals surface area contributed by atoms with Gasteiger partial charge in [-0.25, -0.2) is 0 Å². The average molecular weight is 243 g/mol. The van der Waals surface area contributed by atoms with E-state index in [0.29, 0.717) is 12.6 Å². The normalized spacial score (nSPS) is 17.1. The van der Waals surface area contributed by atoms with Gasteiger partial charge in [0.15, 0.2) is 0 Å². The van der Waals surface area contributed by atoms with Crippen LogP contribution in [-0.2, 0) is 4.79 Å². The Labute approximate surface area is 107 Å². The van der Waals surface area contributed by atoms with Crippen LogP contribution in [0, 0.1) is 0 Å². The Kier molecular flexibility index (Phi) is 8.17. The minimum Gasteiger partial charge on any atom is -0.339 e. The summed E-state index contributed by atoms with van der Waals surface area (Å²) in [6.07, 6.45) is 0. The van der Waals surface area contributed by atoms with Crippen LogP contribution >= 0.6 is 0 Å². The average Bonchev–Trinajstić information content (AvgIpc) is 2.31. The van der Waals surface area contributed by atoms with E-state index >= 15 is 0 Å². The lowest BCUT2D eigenvalue weighted by Crippen LogP contribution is -2.52. The molecule has 0 aromatic rings. The fourth-order valence-electron chi connectivity index (χ4n) is 1.86. The summed E-state index contributed by atoms with van der Waals surface area (Å²) in [4.78, 5) is 18.1. The van der Waals surface area contributed by atoms with Gasteiger partial charge < -0.3 is 9.80 Å². The summed E-state index contributed by atoms with van der Waals surface area (Å²) in [7, 11) is 3.87. The van der Waals surface area contributed by atoms with Gasteiger partial charge in [-0.3, -0.25) is 9.69 Å². The third kappa shape index (κ3) is 6.03. The molecule has 17 heavy (non-hydrogen) atoms. The monoisotopic (exact) mass is 243 g/mol. The maximum absolute atomic E-state index is 11.8. The molecule has 1 aliphatic heterocycles.